The van der Waals surface area contributed by atoms with Crippen LogP contribution < -0.4 is 9.47 Å². The van der Waals surface area contributed by atoms with E-state index >= 15 is 0 Å². The number of fused-ring (bicyclic) bond motifs is 3. The molecule has 3 aromatic carbocycles. The number of amides is 1. The molecule has 0 atom stereocenters. The molecule has 5 aromatic rings. The van der Waals surface area contributed by atoms with Gasteiger partial charge in [0.2, 0.25) is 0 Å². The van der Waals surface area contributed by atoms with Crippen LogP contribution >= 0.6 is 0 Å². The van der Waals surface area contributed by atoms with Gasteiger partial charge >= 0.3 is 5.97 Å². The topological polar surface area (TPSA) is 93.9 Å². The number of aromatic nitrogens is 2. The monoisotopic (exact) mass is 547 g/mol. The van der Waals surface area contributed by atoms with Crippen LogP contribution in [0, 0.1) is 0 Å². The maximum atomic E-state index is 13.2. The van der Waals surface area contributed by atoms with Gasteiger partial charge in [0, 0.05) is 30.4 Å². The number of pyridine rings is 1. The Labute approximate surface area is 237 Å². The van der Waals surface area contributed by atoms with E-state index < -0.39 is 5.97 Å². The number of carbonyl (C=O) groups is 2. The Hall–Kier alpha value is -5.11. The number of ether oxygens (including phenoxy) is 2. The summed E-state index contributed by atoms with van der Waals surface area (Å²) in [5, 5.41) is 10.1. The largest absolute Gasteiger partial charge is 0.484 e. The fraction of sp³-hybridized carbons (Fsp3) is 0.182. The van der Waals surface area contributed by atoms with Gasteiger partial charge < -0.3 is 24.0 Å². The lowest BCUT2D eigenvalue weighted by Gasteiger charge is -2.28. The Morgan fingerprint density at radius 1 is 0.829 bits per heavy atom. The lowest BCUT2D eigenvalue weighted by Crippen LogP contribution is -2.39. The summed E-state index contributed by atoms with van der Waals surface area (Å²) in [5.74, 6) is 1.10. The Morgan fingerprint density at radius 3 is 2.29 bits per heavy atom. The van der Waals surface area contributed by atoms with Crippen molar-refractivity contribution in [3.63, 3.8) is 0 Å². The molecule has 0 radical (unpaired) electrons. The van der Waals surface area contributed by atoms with Gasteiger partial charge in [-0.1, -0.05) is 42.5 Å². The van der Waals surface area contributed by atoms with Gasteiger partial charge in [-0.2, -0.15) is 0 Å². The van der Waals surface area contributed by atoms with Crippen molar-refractivity contribution >= 4 is 22.9 Å². The molecule has 0 unspecified atom stereocenters. The maximum Gasteiger partial charge on any atom is 0.307 e. The fourth-order valence-electron chi connectivity index (χ4n) is 5.23. The van der Waals surface area contributed by atoms with Gasteiger partial charge in [0.15, 0.2) is 6.61 Å². The lowest BCUT2D eigenvalue weighted by molar-refractivity contribution is -0.136. The summed E-state index contributed by atoms with van der Waals surface area (Å²) in [5.41, 5.74) is 5.01. The van der Waals surface area contributed by atoms with Crippen molar-refractivity contribution < 1.29 is 24.2 Å². The van der Waals surface area contributed by atoms with Crippen LogP contribution in [0.2, 0.25) is 0 Å². The minimum absolute atomic E-state index is 0.0518. The quantitative estimate of drug-likeness (QED) is 0.263. The summed E-state index contributed by atoms with van der Waals surface area (Å²) in [7, 11) is 0. The molecule has 1 aliphatic heterocycles. The van der Waals surface area contributed by atoms with E-state index in [0.717, 1.165) is 40.2 Å². The van der Waals surface area contributed by atoms with Crippen molar-refractivity contribution in [2.24, 2.45) is 0 Å². The summed E-state index contributed by atoms with van der Waals surface area (Å²) in [6.45, 7) is 1.61. The zero-order valence-corrected chi connectivity index (χ0v) is 22.4. The highest BCUT2D eigenvalue weighted by Crippen LogP contribution is 2.31. The third kappa shape index (κ3) is 5.91. The molecule has 206 valence electrons. The van der Waals surface area contributed by atoms with Gasteiger partial charge in [-0.05, 0) is 71.6 Å². The first-order valence-electron chi connectivity index (χ1n) is 13.5. The highest BCUT2D eigenvalue weighted by molar-refractivity contribution is 5.84. The van der Waals surface area contributed by atoms with Gasteiger partial charge in [0.05, 0.1) is 13.0 Å². The number of carboxylic acid groups (broad SMARTS) is 1. The average molecular weight is 548 g/mol. The second-order valence-corrected chi connectivity index (χ2v) is 10.0. The van der Waals surface area contributed by atoms with E-state index in [0.29, 0.717) is 30.9 Å². The maximum absolute atomic E-state index is 13.2. The predicted molar refractivity (Wildman–Crippen MR) is 154 cm³/mol. The SMILES string of the molecule is O=C(O)Cc1ccc(OCC(=O)N2CCc3c(n(Cc4ccc(Oc5ccccc5)cc4)c4ncccc34)C2)cc1. The molecule has 1 aliphatic rings. The Balaban J connectivity index is 1.17. The predicted octanol–water partition coefficient (Wildman–Crippen LogP) is 5.47. The number of aliphatic carboxylic acids is 1. The number of rotatable bonds is 9. The second kappa shape index (κ2) is 11.6. The van der Waals surface area contributed by atoms with Gasteiger partial charge in [-0.25, -0.2) is 4.98 Å². The average Bonchev–Trinajstić information content (AvgIpc) is 3.30. The summed E-state index contributed by atoms with van der Waals surface area (Å²) >= 11 is 0. The molecule has 8 nitrogen and oxygen atoms in total. The molecule has 41 heavy (non-hydrogen) atoms. The van der Waals surface area contributed by atoms with Gasteiger partial charge in [0.25, 0.3) is 5.91 Å². The smallest absolute Gasteiger partial charge is 0.307 e. The molecular formula is C33H29N3O5. The van der Waals surface area contributed by atoms with E-state index in [-0.39, 0.29) is 18.9 Å². The molecule has 0 saturated carbocycles. The van der Waals surface area contributed by atoms with Crippen molar-refractivity contribution in [2.75, 3.05) is 13.2 Å². The van der Waals surface area contributed by atoms with Crippen molar-refractivity contribution in [3.8, 4) is 17.2 Å². The van der Waals surface area contributed by atoms with Crippen molar-refractivity contribution in [1.29, 1.82) is 0 Å². The van der Waals surface area contributed by atoms with Gasteiger partial charge in [-0.15, -0.1) is 0 Å². The minimum Gasteiger partial charge on any atom is -0.484 e. The van der Waals surface area contributed by atoms with E-state index in [2.05, 4.69) is 22.8 Å². The molecule has 8 heteroatoms. The Morgan fingerprint density at radius 2 is 1.54 bits per heavy atom. The van der Waals surface area contributed by atoms with Crippen LogP contribution in [0.1, 0.15) is 22.4 Å². The molecule has 1 N–H and O–H groups in total. The number of carbonyl (C=O) groups excluding carboxylic acids is 1. The normalized spacial score (nSPS) is 12.6. The zero-order valence-electron chi connectivity index (χ0n) is 22.4. The molecule has 1 amide bonds. The van der Waals surface area contributed by atoms with Crippen LogP contribution in [-0.4, -0.2) is 44.6 Å². The van der Waals surface area contributed by atoms with Crippen molar-refractivity contribution in [1.82, 2.24) is 14.5 Å². The fourth-order valence-corrected chi connectivity index (χ4v) is 5.23. The van der Waals surface area contributed by atoms with E-state index in [1.807, 2.05) is 53.4 Å². The highest BCUT2D eigenvalue weighted by Gasteiger charge is 2.27. The number of nitrogens with zero attached hydrogens (tertiary/aromatic N) is 3. The van der Waals surface area contributed by atoms with Crippen molar-refractivity contribution in [2.45, 2.75) is 25.9 Å². The summed E-state index contributed by atoms with van der Waals surface area (Å²) in [6.07, 6.45) is 2.49. The molecule has 6 rings (SSSR count). The molecule has 0 fully saturated rings. The number of carboxylic acids is 1. The first kappa shape index (κ1) is 26.1. The lowest BCUT2D eigenvalue weighted by atomic mass is 10.0. The second-order valence-electron chi connectivity index (χ2n) is 10.0. The molecule has 0 saturated heterocycles. The van der Waals surface area contributed by atoms with Crippen LogP contribution in [0.4, 0.5) is 0 Å². The molecule has 2 aromatic heterocycles. The number of hydrogen-bond donors (Lipinski definition) is 1. The van der Waals surface area contributed by atoms with E-state index in [1.165, 1.54) is 5.56 Å². The number of benzene rings is 3. The van der Waals surface area contributed by atoms with E-state index in [1.54, 1.807) is 30.5 Å². The highest BCUT2D eigenvalue weighted by atomic mass is 16.5. The first-order chi connectivity index (χ1) is 20.0. The van der Waals surface area contributed by atoms with Crippen molar-refractivity contribution in [3.05, 3.63) is 120 Å². The van der Waals surface area contributed by atoms with E-state index in [4.69, 9.17) is 19.6 Å². The summed E-state index contributed by atoms with van der Waals surface area (Å²) in [4.78, 5) is 30.6. The van der Waals surface area contributed by atoms with Crippen LogP contribution in [0.5, 0.6) is 17.2 Å². The standard InChI is InChI=1S/C33H29N3O5/c37-31(22-40-25-12-8-23(9-13-25)19-32(38)39)35-18-16-28-29-7-4-17-34-33(29)36(30(28)21-35)20-24-10-14-27(15-11-24)41-26-5-2-1-3-6-26/h1-15,17H,16,18-22H2,(H,38,39). The molecule has 0 bridgehead atoms. The molecular weight excluding hydrogens is 518 g/mol. The van der Waals surface area contributed by atoms with E-state index in [9.17, 15) is 9.59 Å². The van der Waals surface area contributed by atoms with Crippen LogP contribution in [0.3, 0.4) is 0 Å². The zero-order chi connectivity index (χ0) is 28.2. The molecule has 3 heterocycles. The number of para-hydroxylation sites is 1. The molecule has 0 spiro atoms. The Kier molecular flexibility index (Phi) is 7.36. The van der Waals surface area contributed by atoms with Crippen LogP contribution in [0.25, 0.3) is 11.0 Å². The van der Waals surface area contributed by atoms with Crippen LogP contribution in [-0.2, 0) is 35.5 Å². The summed E-state index contributed by atoms with van der Waals surface area (Å²) in [6, 6.07) is 28.6. The minimum atomic E-state index is -0.889. The third-order valence-electron chi connectivity index (χ3n) is 7.25. The molecule has 0 aliphatic carbocycles. The summed E-state index contributed by atoms with van der Waals surface area (Å²) < 4.78 is 13.9. The Bertz CT molecular complexity index is 1680. The van der Waals surface area contributed by atoms with Gasteiger partial charge in [-0.3, -0.25) is 9.59 Å². The number of hydrogen-bond acceptors (Lipinski definition) is 5. The first-order valence-corrected chi connectivity index (χ1v) is 13.5. The third-order valence-corrected chi connectivity index (χ3v) is 7.25. The van der Waals surface area contributed by atoms with Gasteiger partial charge in [0.1, 0.15) is 22.9 Å². The van der Waals surface area contributed by atoms with Crippen LogP contribution in [0.15, 0.2) is 97.2 Å².